The summed E-state index contributed by atoms with van der Waals surface area (Å²) in [4.78, 5) is 1.78. The standard InChI is InChI=1S/C10H23NO5/c1-15-6-7-16-9-10(14)8-11(2-4-12)3-5-13/h10,12-14H,2-9H2,1H3. The summed E-state index contributed by atoms with van der Waals surface area (Å²) in [6.07, 6.45) is -0.616. The van der Waals surface area contributed by atoms with Gasteiger partial charge in [-0.15, -0.1) is 0 Å². The van der Waals surface area contributed by atoms with Gasteiger partial charge in [-0.3, -0.25) is 4.90 Å². The van der Waals surface area contributed by atoms with Crippen LogP contribution in [-0.2, 0) is 9.47 Å². The van der Waals surface area contributed by atoms with Crippen molar-refractivity contribution in [2.24, 2.45) is 0 Å². The number of hydrogen-bond donors (Lipinski definition) is 3. The molecule has 98 valence electrons. The van der Waals surface area contributed by atoms with Crippen molar-refractivity contribution in [3.8, 4) is 0 Å². The first kappa shape index (κ1) is 15.8. The maximum absolute atomic E-state index is 9.60. The van der Waals surface area contributed by atoms with Gasteiger partial charge in [-0.1, -0.05) is 0 Å². The summed E-state index contributed by atoms with van der Waals surface area (Å²) in [5.41, 5.74) is 0. The van der Waals surface area contributed by atoms with E-state index >= 15 is 0 Å². The fraction of sp³-hybridized carbons (Fsp3) is 1.00. The Bertz CT molecular complexity index is 141. The number of hydrogen-bond acceptors (Lipinski definition) is 6. The van der Waals surface area contributed by atoms with Crippen molar-refractivity contribution in [2.75, 3.05) is 59.8 Å². The van der Waals surface area contributed by atoms with Gasteiger partial charge in [-0.25, -0.2) is 0 Å². The fourth-order valence-corrected chi connectivity index (χ4v) is 1.29. The number of rotatable bonds is 11. The maximum atomic E-state index is 9.60. The van der Waals surface area contributed by atoms with Crippen molar-refractivity contribution < 1.29 is 24.8 Å². The molecule has 0 aromatic rings. The third-order valence-corrected chi connectivity index (χ3v) is 2.04. The lowest BCUT2D eigenvalue weighted by atomic mass is 10.3. The molecule has 6 heteroatoms. The van der Waals surface area contributed by atoms with E-state index in [0.717, 1.165) is 0 Å². The molecule has 16 heavy (non-hydrogen) atoms. The highest BCUT2D eigenvalue weighted by Crippen LogP contribution is 1.93. The molecule has 0 bridgehead atoms. The van der Waals surface area contributed by atoms with E-state index in [1.54, 1.807) is 12.0 Å². The molecule has 0 aromatic heterocycles. The number of ether oxygens (including phenoxy) is 2. The Hall–Kier alpha value is -0.240. The second-order valence-electron chi connectivity index (χ2n) is 3.47. The molecule has 0 rings (SSSR count). The Balaban J connectivity index is 3.59. The molecule has 0 saturated carbocycles. The molecule has 3 N–H and O–H groups in total. The zero-order valence-corrected chi connectivity index (χ0v) is 9.84. The number of aliphatic hydroxyl groups excluding tert-OH is 3. The topological polar surface area (TPSA) is 82.4 Å². The van der Waals surface area contributed by atoms with Crippen LogP contribution in [0.1, 0.15) is 0 Å². The molecule has 0 aliphatic rings. The van der Waals surface area contributed by atoms with E-state index in [2.05, 4.69) is 0 Å². The molecule has 0 aliphatic heterocycles. The quantitative estimate of drug-likeness (QED) is 0.371. The van der Waals surface area contributed by atoms with E-state index < -0.39 is 6.10 Å². The SMILES string of the molecule is COCCOCC(O)CN(CCO)CCO. The van der Waals surface area contributed by atoms with Gasteiger partial charge in [0.25, 0.3) is 0 Å². The van der Waals surface area contributed by atoms with Gasteiger partial charge < -0.3 is 24.8 Å². The van der Waals surface area contributed by atoms with Gasteiger partial charge >= 0.3 is 0 Å². The van der Waals surface area contributed by atoms with Crippen LogP contribution in [0.5, 0.6) is 0 Å². The summed E-state index contributed by atoms with van der Waals surface area (Å²) in [7, 11) is 1.59. The van der Waals surface area contributed by atoms with Crippen molar-refractivity contribution >= 4 is 0 Å². The largest absolute Gasteiger partial charge is 0.395 e. The second kappa shape index (κ2) is 11.3. The van der Waals surface area contributed by atoms with Crippen molar-refractivity contribution in [1.82, 2.24) is 4.90 Å². The van der Waals surface area contributed by atoms with Crippen LogP contribution in [0.2, 0.25) is 0 Å². The average molecular weight is 237 g/mol. The first-order valence-electron chi connectivity index (χ1n) is 5.43. The van der Waals surface area contributed by atoms with Crippen molar-refractivity contribution in [3.63, 3.8) is 0 Å². The lowest BCUT2D eigenvalue weighted by Gasteiger charge is -2.23. The molecular formula is C10H23NO5. The molecule has 0 aliphatic carbocycles. The Labute approximate surface area is 96.4 Å². The average Bonchev–Trinajstić information content (AvgIpc) is 2.25. The summed E-state index contributed by atoms with van der Waals surface area (Å²) in [5, 5.41) is 27.1. The zero-order valence-electron chi connectivity index (χ0n) is 9.84. The molecule has 0 radical (unpaired) electrons. The third kappa shape index (κ3) is 9.02. The highest BCUT2D eigenvalue weighted by Gasteiger charge is 2.10. The van der Waals surface area contributed by atoms with Crippen LogP contribution in [0.4, 0.5) is 0 Å². The molecule has 0 aromatic carbocycles. The van der Waals surface area contributed by atoms with E-state index in [0.29, 0.717) is 32.8 Å². The van der Waals surface area contributed by atoms with Crippen LogP contribution < -0.4 is 0 Å². The van der Waals surface area contributed by atoms with Gasteiger partial charge in [0, 0.05) is 26.7 Å². The lowest BCUT2D eigenvalue weighted by molar-refractivity contribution is -0.00394. The van der Waals surface area contributed by atoms with Crippen molar-refractivity contribution in [2.45, 2.75) is 6.10 Å². The van der Waals surface area contributed by atoms with Gasteiger partial charge in [0.1, 0.15) is 0 Å². The summed E-state index contributed by atoms with van der Waals surface area (Å²) < 4.78 is 9.97. The second-order valence-corrected chi connectivity index (χ2v) is 3.47. The van der Waals surface area contributed by atoms with Gasteiger partial charge in [0.2, 0.25) is 0 Å². The van der Waals surface area contributed by atoms with Gasteiger partial charge in [-0.05, 0) is 0 Å². The first-order valence-corrected chi connectivity index (χ1v) is 5.43. The summed E-state index contributed by atoms with van der Waals surface area (Å²) in [6.45, 7) is 2.47. The van der Waals surface area contributed by atoms with Gasteiger partial charge in [0.15, 0.2) is 0 Å². The molecule has 0 heterocycles. The normalized spacial score (nSPS) is 13.3. The van der Waals surface area contributed by atoms with Crippen LogP contribution in [0, 0.1) is 0 Å². The Morgan fingerprint density at radius 2 is 1.75 bits per heavy atom. The van der Waals surface area contributed by atoms with Crippen LogP contribution in [-0.4, -0.2) is 86.1 Å². The van der Waals surface area contributed by atoms with E-state index in [9.17, 15) is 5.11 Å². The Kier molecular flexibility index (Phi) is 11.1. The monoisotopic (exact) mass is 237 g/mol. The molecule has 6 nitrogen and oxygen atoms in total. The summed E-state index contributed by atoms with van der Waals surface area (Å²) in [5.74, 6) is 0. The molecular weight excluding hydrogens is 214 g/mol. The van der Waals surface area contributed by atoms with Crippen molar-refractivity contribution in [3.05, 3.63) is 0 Å². The van der Waals surface area contributed by atoms with Crippen LogP contribution >= 0.6 is 0 Å². The van der Waals surface area contributed by atoms with Crippen molar-refractivity contribution in [1.29, 1.82) is 0 Å². The number of methoxy groups -OCH3 is 1. The summed E-state index contributed by atoms with van der Waals surface area (Å²) >= 11 is 0. The Morgan fingerprint density at radius 3 is 2.25 bits per heavy atom. The summed E-state index contributed by atoms with van der Waals surface area (Å²) in [6, 6.07) is 0. The minimum absolute atomic E-state index is 0.0112. The molecule has 0 fully saturated rings. The third-order valence-electron chi connectivity index (χ3n) is 2.04. The first-order chi connectivity index (χ1) is 7.74. The van der Waals surface area contributed by atoms with Gasteiger partial charge in [-0.2, -0.15) is 0 Å². The molecule has 1 unspecified atom stereocenters. The van der Waals surface area contributed by atoms with E-state index in [1.807, 2.05) is 0 Å². The minimum Gasteiger partial charge on any atom is -0.395 e. The Morgan fingerprint density at radius 1 is 1.12 bits per heavy atom. The molecule has 0 saturated heterocycles. The van der Waals surface area contributed by atoms with Crippen LogP contribution in [0.3, 0.4) is 0 Å². The number of aliphatic hydroxyl groups is 3. The predicted octanol–water partition coefficient (Wildman–Crippen LogP) is -1.70. The molecule has 0 amide bonds. The number of nitrogens with zero attached hydrogens (tertiary/aromatic N) is 1. The van der Waals surface area contributed by atoms with E-state index in [-0.39, 0.29) is 19.8 Å². The zero-order chi connectivity index (χ0) is 12.2. The fourth-order valence-electron chi connectivity index (χ4n) is 1.29. The molecule has 1 atom stereocenters. The smallest absolute Gasteiger partial charge is 0.0900 e. The van der Waals surface area contributed by atoms with E-state index in [4.69, 9.17) is 19.7 Å². The molecule has 0 spiro atoms. The van der Waals surface area contributed by atoms with Crippen LogP contribution in [0.15, 0.2) is 0 Å². The van der Waals surface area contributed by atoms with Gasteiger partial charge in [0.05, 0.1) is 39.1 Å². The maximum Gasteiger partial charge on any atom is 0.0900 e. The highest BCUT2D eigenvalue weighted by molar-refractivity contribution is 4.63. The lowest BCUT2D eigenvalue weighted by Crippen LogP contribution is -2.38. The van der Waals surface area contributed by atoms with Crippen LogP contribution in [0.25, 0.3) is 0 Å². The van der Waals surface area contributed by atoms with E-state index in [1.165, 1.54) is 0 Å². The predicted molar refractivity (Wildman–Crippen MR) is 59.3 cm³/mol. The highest BCUT2D eigenvalue weighted by atomic mass is 16.5. The minimum atomic E-state index is -0.616.